The van der Waals surface area contributed by atoms with E-state index >= 15 is 0 Å². The number of allylic oxidation sites excluding steroid dienone is 4. The van der Waals surface area contributed by atoms with Crippen molar-refractivity contribution in [1.82, 2.24) is 0 Å². The highest BCUT2D eigenvalue weighted by Gasteiger charge is 2.22. The first kappa shape index (κ1) is 21.0. The van der Waals surface area contributed by atoms with Gasteiger partial charge in [-0.05, 0) is 67.9 Å². The molecule has 0 bridgehead atoms. The van der Waals surface area contributed by atoms with Gasteiger partial charge in [0, 0.05) is 16.3 Å². The van der Waals surface area contributed by atoms with Crippen LogP contribution in [0.3, 0.4) is 0 Å². The lowest BCUT2D eigenvalue weighted by Gasteiger charge is -2.19. The predicted octanol–water partition coefficient (Wildman–Crippen LogP) is 6.29. The van der Waals surface area contributed by atoms with E-state index in [1.807, 2.05) is 12.1 Å². The molecule has 1 aliphatic carbocycles. The molecule has 2 unspecified atom stereocenters. The molecule has 1 aromatic carbocycles. The van der Waals surface area contributed by atoms with Gasteiger partial charge in [0.15, 0.2) is 5.78 Å². The van der Waals surface area contributed by atoms with E-state index in [0.717, 1.165) is 23.3 Å². The average Bonchev–Trinajstić information content (AvgIpc) is 2.55. The second-order valence-electron chi connectivity index (χ2n) is 7.15. The summed E-state index contributed by atoms with van der Waals surface area (Å²) in [5, 5.41) is 0.304. The molecule has 1 aliphatic rings. The Hall–Kier alpha value is -1.32. The van der Waals surface area contributed by atoms with E-state index in [4.69, 9.17) is 11.6 Å². The van der Waals surface area contributed by atoms with Gasteiger partial charge in [0.1, 0.15) is 5.78 Å². The molecule has 4 heteroatoms. The lowest BCUT2D eigenvalue weighted by Crippen LogP contribution is -2.20. The number of carbonyl (C=O) groups excluding carboxylic acids is 2. The average molecular weight is 391 g/mol. The lowest BCUT2D eigenvalue weighted by atomic mass is 9.87. The number of thioether (sulfide) groups is 1. The van der Waals surface area contributed by atoms with Gasteiger partial charge in [-0.3, -0.25) is 9.59 Å². The summed E-state index contributed by atoms with van der Waals surface area (Å²) in [6.45, 7) is 6.02. The molecule has 140 valence electrons. The summed E-state index contributed by atoms with van der Waals surface area (Å²) in [4.78, 5) is 25.7. The molecular formula is C22H27ClO2S. The standard InChI is InChI=1S/C22H27ClO2S/c1-15(2)17-6-4-8-18(9-5-7-17)21(25)14-22(16(3)24)26-20-12-10-19(23)11-13-20/h4,6,9-13,15,17,22H,5,7-8,14H2,1-3H3/b6-4-,18-9+. The maximum atomic E-state index is 12.7. The monoisotopic (exact) mass is 390 g/mol. The van der Waals surface area contributed by atoms with Gasteiger partial charge in [-0.2, -0.15) is 0 Å². The topological polar surface area (TPSA) is 34.1 Å². The van der Waals surface area contributed by atoms with Crippen LogP contribution in [0.1, 0.15) is 46.5 Å². The summed E-state index contributed by atoms with van der Waals surface area (Å²) in [5.41, 5.74) is 0.839. The Labute approximate surface area is 166 Å². The second kappa shape index (κ2) is 10.1. The van der Waals surface area contributed by atoms with Crippen LogP contribution in [0.5, 0.6) is 0 Å². The Morgan fingerprint density at radius 2 is 1.92 bits per heavy atom. The van der Waals surface area contributed by atoms with Crippen LogP contribution in [0.25, 0.3) is 0 Å². The van der Waals surface area contributed by atoms with E-state index in [0.29, 0.717) is 23.3 Å². The van der Waals surface area contributed by atoms with E-state index in [2.05, 4.69) is 32.1 Å². The maximum Gasteiger partial charge on any atom is 0.160 e. The first-order valence-corrected chi connectivity index (χ1v) is 10.4. The second-order valence-corrected chi connectivity index (χ2v) is 8.86. The summed E-state index contributed by atoms with van der Waals surface area (Å²) < 4.78 is 0. The fraction of sp³-hybridized carbons (Fsp3) is 0.455. The molecule has 2 atom stereocenters. The minimum absolute atomic E-state index is 0.0279. The molecule has 0 aromatic heterocycles. The molecule has 2 nitrogen and oxygen atoms in total. The zero-order valence-electron chi connectivity index (χ0n) is 15.7. The number of rotatable bonds is 7. The van der Waals surface area contributed by atoms with E-state index < -0.39 is 0 Å². The molecule has 0 heterocycles. The van der Waals surface area contributed by atoms with Gasteiger partial charge in [0.25, 0.3) is 0 Å². The van der Waals surface area contributed by atoms with Gasteiger partial charge < -0.3 is 0 Å². The SMILES string of the molecule is CC(=O)C(CC(=O)/C1=C/CCC(C(C)C)/C=C\C1)Sc1ccc(Cl)cc1. The molecule has 1 aromatic rings. The van der Waals surface area contributed by atoms with Crippen LogP contribution < -0.4 is 0 Å². The molecule has 26 heavy (non-hydrogen) atoms. The largest absolute Gasteiger partial charge is 0.299 e. The maximum absolute atomic E-state index is 12.7. The minimum atomic E-state index is -0.359. The van der Waals surface area contributed by atoms with Crippen LogP contribution in [-0.2, 0) is 9.59 Å². The third-order valence-electron chi connectivity index (χ3n) is 4.74. The van der Waals surface area contributed by atoms with E-state index in [-0.39, 0.29) is 23.2 Å². The number of carbonyl (C=O) groups is 2. The summed E-state index contributed by atoms with van der Waals surface area (Å²) in [5.74, 6) is 1.31. The van der Waals surface area contributed by atoms with Crippen molar-refractivity contribution in [3.05, 3.63) is 53.1 Å². The van der Waals surface area contributed by atoms with E-state index in [9.17, 15) is 9.59 Å². The van der Waals surface area contributed by atoms with Crippen molar-refractivity contribution in [2.45, 2.75) is 56.6 Å². The van der Waals surface area contributed by atoms with E-state index in [1.54, 1.807) is 19.1 Å². The summed E-state index contributed by atoms with van der Waals surface area (Å²) in [7, 11) is 0. The molecule has 2 rings (SSSR count). The third-order valence-corrected chi connectivity index (χ3v) is 6.32. The molecule has 0 amide bonds. The fourth-order valence-corrected chi connectivity index (χ4v) is 4.18. The van der Waals surface area contributed by atoms with Gasteiger partial charge >= 0.3 is 0 Å². The van der Waals surface area contributed by atoms with Gasteiger partial charge in [0.05, 0.1) is 5.25 Å². The summed E-state index contributed by atoms with van der Waals surface area (Å²) in [6, 6.07) is 7.38. The highest BCUT2D eigenvalue weighted by molar-refractivity contribution is 8.00. The lowest BCUT2D eigenvalue weighted by molar-refractivity contribution is -0.120. The molecule has 0 aliphatic heterocycles. The highest BCUT2D eigenvalue weighted by atomic mass is 35.5. The van der Waals surface area contributed by atoms with Crippen LogP contribution in [0, 0.1) is 11.8 Å². The van der Waals surface area contributed by atoms with Crippen LogP contribution in [0.2, 0.25) is 5.02 Å². The number of hydrogen-bond donors (Lipinski definition) is 0. The van der Waals surface area contributed by atoms with Crippen LogP contribution in [0.4, 0.5) is 0 Å². The van der Waals surface area contributed by atoms with Gasteiger partial charge in [-0.25, -0.2) is 0 Å². The Bertz CT molecular complexity index is 689. The first-order chi connectivity index (χ1) is 12.4. The smallest absolute Gasteiger partial charge is 0.160 e. The zero-order chi connectivity index (χ0) is 19.1. The highest BCUT2D eigenvalue weighted by Crippen LogP contribution is 2.29. The van der Waals surface area contributed by atoms with Crippen molar-refractivity contribution >= 4 is 34.9 Å². The summed E-state index contributed by atoms with van der Waals surface area (Å²) in [6.07, 6.45) is 9.34. The summed E-state index contributed by atoms with van der Waals surface area (Å²) >= 11 is 7.35. The minimum Gasteiger partial charge on any atom is -0.299 e. The quantitative estimate of drug-likeness (QED) is 0.405. The number of benzene rings is 1. The zero-order valence-corrected chi connectivity index (χ0v) is 17.3. The fourth-order valence-electron chi connectivity index (χ4n) is 3.03. The van der Waals surface area contributed by atoms with Crippen LogP contribution in [-0.4, -0.2) is 16.8 Å². The Morgan fingerprint density at radius 1 is 1.23 bits per heavy atom. The van der Waals surface area contributed by atoms with Crippen molar-refractivity contribution in [1.29, 1.82) is 0 Å². The Kier molecular flexibility index (Phi) is 8.17. The van der Waals surface area contributed by atoms with Crippen molar-refractivity contribution < 1.29 is 9.59 Å². The third kappa shape index (κ3) is 6.44. The van der Waals surface area contributed by atoms with Crippen molar-refractivity contribution in [3.8, 4) is 0 Å². The predicted molar refractivity (Wildman–Crippen MR) is 111 cm³/mol. The molecule has 0 saturated carbocycles. The van der Waals surface area contributed by atoms with Gasteiger partial charge in [-0.1, -0.05) is 43.7 Å². The van der Waals surface area contributed by atoms with E-state index in [1.165, 1.54) is 11.8 Å². The molecule has 0 saturated heterocycles. The first-order valence-electron chi connectivity index (χ1n) is 9.18. The number of ketones is 2. The van der Waals surface area contributed by atoms with Crippen molar-refractivity contribution in [2.24, 2.45) is 11.8 Å². The van der Waals surface area contributed by atoms with Crippen LogP contribution in [0.15, 0.2) is 53.0 Å². The van der Waals surface area contributed by atoms with Crippen molar-refractivity contribution in [2.75, 3.05) is 0 Å². The molecule has 0 fully saturated rings. The molecule has 0 N–H and O–H groups in total. The van der Waals surface area contributed by atoms with Gasteiger partial charge in [-0.15, -0.1) is 11.8 Å². The molecule has 0 spiro atoms. The molecule has 0 radical (unpaired) electrons. The van der Waals surface area contributed by atoms with Crippen molar-refractivity contribution in [3.63, 3.8) is 0 Å². The normalized spacial score (nSPS) is 22.0. The Balaban J connectivity index is 2.01. The van der Waals surface area contributed by atoms with Gasteiger partial charge in [0.2, 0.25) is 0 Å². The number of hydrogen-bond acceptors (Lipinski definition) is 3. The Morgan fingerprint density at radius 3 is 2.54 bits per heavy atom. The number of halogens is 1. The molecular weight excluding hydrogens is 364 g/mol. The van der Waals surface area contributed by atoms with Crippen LogP contribution >= 0.6 is 23.4 Å². The number of Topliss-reactive ketones (excluding diaryl/α,β-unsaturated/α-hetero) is 2.